The standard InChI is InChI=1S/C14H22N6O/c1-4-6-11-13(15-7-5-2)17-9-18-14(11)16-8-12-19-10(3)20-21-12/h9H,4-8H2,1-3H3,(H2,15,16,17,18). The molecule has 7 heteroatoms. The molecule has 0 bridgehead atoms. The van der Waals surface area contributed by atoms with Crippen molar-refractivity contribution in [2.45, 2.75) is 46.6 Å². The fourth-order valence-corrected chi connectivity index (χ4v) is 2.02. The summed E-state index contributed by atoms with van der Waals surface area (Å²) in [5.74, 6) is 2.91. The van der Waals surface area contributed by atoms with E-state index < -0.39 is 0 Å². The van der Waals surface area contributed by atoms with Crippen LogP contribution < -0.4 is 10.6 Å². The third-order valence-electron chi connectivity index (χ3n) is 2.96. The van der Waals surface area contributed by atoms with Crippen molar-refractivity contribution in [3.8, 4) is 0 Å². The average Bonchev–Trinajstić information content (AvgIpc) is 2.90. The summed E-state index contributed by atoms with van der Waals surface area (Å²) in [6, 6.07) is 0. The minimum Gasteiger partial charge on any atom is -0.370 e. The Balaban J connectivity index is 2.12. The summed E-state index contributed by atoms with van der Waals surface area (Å²) < 4.78 is 5.10. The number of nitrogens with zero attached hydrogens (tertiary/aromatic N) is 4. The minimum atomic E-state index is 0.460. The van der Waals surface area contributed by atoms with E-state index in [1.807, 2.05) is 0 Å². The van der Waals surface area contributed by atoms with E-state index >= 15 is 0 Å². The second-order valence-electron chi connectivity index (χ2n) is 4.82. The van der Waals surface area contributed by atoms with Crippen molar-refractivity contribution in [2.24, 2.45) is 0 Å². The number of rotatable bonds is 8. The SMILES string of the molecule is CCCNc1ncnc(NCc2nc(C)no2)c1CCC. The molecule has 114 valence electrons. The fourth-order valence-electron chi connectivity index (χ4n) is 2.02. The molecule has 0 aromatic carbocycles. The van der Waals surface area contributed by atoms with Crippen LogP contribution in [0.1, 0.15) is 44.0 Å². The van der Waals surface area contributed by atoms with E-state index in [1.54, 1.807) is 13.3 Å². The lowest BCUT2D eigenvalue weighted by Gasteiger charge is -2.14. The molecule has 2 aromatic rings. The molecule has 0 saturated carbocycles. The maximum atomic E-state index is 5.10. The Morgan fingerprint density at radius 3 is 2.48 bits per heavy atom. The van der Waals surface area contributed by atoms with Crippen molar-refractivity contribution < 1.29 is 4.52 Å². The molecule has 0 aliphatic carbocycles. The predicted octanol–water partition coefficient (Wildman–Crippen LogP) is 2.55. The molecular weight excluding hydrogens is 268 g/mol. The summed E-state index contributed by atoms with van der Waals surface area (Å²) in [7, 11) is 0. The second kappa shape index (κ2) is 7.56. The molecule has 2 aromatic heterocycles. The summed E-state index contributed by atoms with van der Waals surface area (Å²) in [6.45, 7) is 7.43. The van der Waals surface area contributed by atoms with Gasteiger partial charge in [-0.05, 0) is 19.8 Å². The van der Waals surface area contributed by atoms with Gasteiger partial charge in [0.2, 0.25) is 5.89 Å². The highest BCUT2D eigenvalue weighted by molar-refractivity contribution is 5.57. The van der Waals surface area contributed by atoms with Gasteiger partial charge in [-0.25, -0.2) is 9.97 Å². The fraction of sp³-hybridized carbons (Fsp3) is 0.571. The van der Waals surface area contributed by atoms with Crippen LogP contribution in [0, 0.1) is 6.92 Å². The van der Waals surface area contributed by atoms with E-state index in [4.69, 9.17) is 4.52 Å². The zero-order valence-corrected chi connectivity index (χ0v) is 12.8. The van der Waals surface area contributed by atoms with E-state index in [-0.39, 0.29) is 0 Å². The van der Waals surface area contributed by atoms with Crippen LogP contribution in [0.3, 0.4) is 0 Å². The number of anilines is 2. The van der Waals surface area contributed by atoms with Crippen molar-refractivity contribution in [3.05, 3.63) is 23.6 Å². The molecule has 0 radical (unpaired) electrons. The van der Waals surface area contributed by atoms with Crippen LogP contribution in [0.5, 0.6) is 0 Å². The minimum absolute atomic E-state index is 0.460. The molecule has 2 rings (SSSR count). The van der Waals surface area contributed by atoms with Crippen molar-refractivity contribution >= 4 is 11.6 Å². The first-order valence-electron chi connectivity index (χ1n) is 7.35. The number of aromatic nitrogens is 4. The smallest absolute Gasteiger partial charge is 0.245 e. The van der Waals surface area contributed by atoms with E-state index in [9.17, 15) is 0 Å². The van der Waals surface area contributed by atoms with Crippen molar-refractivity contribution in [2.75, 3.05) is 17.2 Å². The Hall–Kier alpha value is -2.18. The van der Waals surface area contributed by atoms with Crippen molar-refractivity contribution in [3.63, 3.8) is 0 Å². The molecule has 0 fully saturated rings. The van der Waals surface area contributed by atoms with Gasteiger partial charge in [0.05, 0.1) is 6.54 Å². The normalized spacial score (nSPS) is 10.6. The quantitative estimate of drug-likeness (QED) is 0.772. The lowest BCUT2D eigenvalue weighted by atomic mass is 10.1. The Bertz CT molecular complexity index is 568. The molecule has 2 N–H and O–H groups in total. The maximum Gasteiger partial charge on any atom is 0.245 e. The molecule has 2 heterocycles. The van der Waals surface area contributed by atoms with E-state index in [0.29, 0.717) is 18.3 Å². The summed E-state index contributed by atoms with van der Waals surface area (Å²) in [6.07, 6.45) is 4.57. The molecule has 0 amide bonds. The Kier molecular flexibility index (Phi) is 5.48. The van der Waals surface area contributed by atoms with E-state index in [1.165, 1.54) is 0 Å². The first-order valence-corrected chi connectivity index (χ1v) is 7.35. The molecule has 7 nitrogen and oxygen atoms in total. The van der Waals surface area contributed by atoms with Crippen LogP contribution in [0.2, 0.25) is 0 Å². The Labute approximate surface area is 124 Å². The van der Waals surface area contributed by atoms with Gasteiger partial charge in [-0.2, -0.15) is 4.98 Å². The van der Waals surface area contributed by atoms with Gasteiger partial charge in [-0.1, -0.05) is 25.4 Å². The predicted molar refractivity (Wildman–Crippen MR) is 81.2 cm³/mol. The summed E-state index contributed by atoms with van der Waals surface area (Å²) >= 11 is 0. The van der Waals surface area contributed by atoms with Gasteiger partial charge < -0.3 is 15.2 Å². The second-order valence-corrected chi connectivity index (χ2v) is 4.82. The summed E-state index contributed by atoms with van der Waals surface area (Å²) in [4.78, 5) is 12.9. The number of nitrogens with one attached hydrogen (secondary N) is 2. The average molecular weight is 290 g/mol. The number of hydrogen-bond donors (Lipinski definition) is 2. The first-order chi connectivity index (χ1) is 10.2. The molecule has 0 unspecified atom stereocenters. The Morgan fingerprint density at radius 1 is 1.10 bits per heavy atom. The molecule has 0 aliphatic rings. The molecule has 0 spiro atoms. The topological polar surface area (TPSA) is 88.8 Å². The van der Waals surface area contributed by atoms with Gasteiger partial charge in [-0.15, -0.1) is 0 Å². The molecule has 21 heavy (non-hydrogen) atoms. The first kappa shape index (κ1) is 15.2. The van der Waals surface area contributed by atoms with Gasteiger partial charge in [0.1, 0.15) is 18.0 Å². The highest BCUT2D eigenvalue weighted by Gasteiger charge is 2.11. The summed E-state index contributed by atoms with van der Waals surface area (Å²) in [5, 5.41) is 10.4. The van der Waals surface area contributed by atoms with Crippen molar-refractivity contribution in [1.29, 1.82) is 0 Å². The maximum absolute atomic E-state index is 5.10. The molecule has 0 aliphatic heterocycles. The lowest BCUT2D eigenvalue weighted by Crippen LogP contribution is -2.11. The highest BCUT2D eigenvalue weighted by Crippen LogP contribution is 2.22. The van der Waals surface area contributed by atoms with Crippen molar-refractivity contribution in [1.82, 2.24) is 20.1 Å². The highest BCUT2D eigenvalue weighted by atomic mass is 16.5. The van der Waals surface area contributed by atoms with Crippen LogP contribution in [0.15, 0.2) is 10.9 Å². The van der Waals surface area contributed by atoms with Gasteiger partial charge in [0.15, 0.2) is 5.82 Å². The number of hydrogen-bond acceptors (Lipinski definition) is 7. The monoisotopic (exact) mass is 290 g/mol. The van der Waals surface area contributed by atoms with Crippen LogP contribution in [0.25, 0.3) is 0 Å². The molecule has 0 atom stereocenters. The van der Waals surface area contributed by atoms with E-state index in [2.05, 4.69) is 44.6 Å². The third kappa shape index (κ3) is 4.14. The van der Waals surface area contributed by atoms with Crippen LogP contribution in [0.4, 0.5) is 11.6 Å². The van der Waals surface area contributed by atoms with Gasteiger partial charge in [0, 0.05) is 12.1 Å². The van der Waals surface area contributed by atoms with Gasteiger partial charge in [0.25, 0.3) is 0 Å². The number of aryl methyl sites for hydroxylation is 1. The zero-order valence-electron chi connectivity index (χ0n) is 12.8. The lowest BCUT2D eigenvalue weighted by molar-refractivity contribution is 0.379. The summed E-state index contributed by atoms with van der Waals surface area (Å²) in [5.41, 5.74) is 1.10. The van der Waals surface area contributed by atoms with Crippen LogP contribution >= 0.6 is 0 Å². The van der Waals surface area contributed by atoms with Gasteiger partial charge >= 0.3 is 0 Å². The third-order valence-corrected chi connectivity index (χ3v) is 2.96. The molecular formula is C14H22N6O. The van der Waals surface area contributed by atoms with E-state index in [0.717, 1.165) is 43.0 Å². The van der Waals surface area contributed by atoms with Crippen LogP contribution in [-0.4, -0.2) is 26.7 Å². The Morgan fingerprint density at radius 2 is 1.86 bits per heavy atom. The largest absolute Gasteiger partial charge is 0.370 e. The zero-order chi connectivity index (χ0) is 15.1. The molecule has 0 saturated heterocycles. The van der Waals surface area contributed by atoms with Gasteiger partial charge in [-0.3, -0.25) is 0 Å². The van der Waals surface area contributed by atoms with Crippen LogP contribution in [-0.2, 0) is 13.0 Å².